The third-order valence-corrected chi connectivity index (χ3v) is 3.93. The summed E-state index contributed by atoms with van der Waals surface area (Å²) in [6.07, 6.45) is 1.67. The lowest BCUT2D eigenvalue weighted by Gasteiger charge is -2.10. The first-order valence-electron chi connectivity index (χ1n) is 7.71. The summed E-state index contributed by atoms with van der Waals surface area (Å²) in [6.45, 7) is 1.54. The SMILES string of the molecule is C[C@@H](OC(=O)/C=C/c1cc(Cl)c2c(c1)OCO2)C(=O)c1ccc(F)cc1. The van der Waals surface area contributed by atoms with Crippen molar-refractivity contribution in [3.8, 4) is 11.5 Å². The maximum atomic E-state index is 12.9. The van der Waals surface area contributed by atoms with Crippen LogP contribution in [0.25, 0.3) is 6.08 Å². The Bertz CT molecular complexity index is 876. The van der Waals surface area contributed by atoms with Crippen LogP contribution in [-0.4, -0.2) is 24.6 Å². The van der Waals surface area contributed by atoms with Gasteiger partial charge in [-0.25, -0.2) is 9.18 Å². The van der Waals surface area contributed by atoms with E-state index < -0.39 is 23.7 Å². The minimum absolute atomic E-state index is 0.0906. The predicted molar refractivity (Wildman–Crippen MR) is 92.9 cm³/mol. The lowest BCUT2D eigenvalue weighted by atomic mass is 10.1. The van der Waals surface area contributed by atoms with Crippen molar-refractivity contribution in [2.45, 2.75) is 13.0 Å². The molecule has 0 amide bonds. The lowest BCUT2D eigenvalue weighted by molar-refractivity contribution is -0.140. The van der Waals surface area contributed by atoms with Gasteiger partial charge in [-0.05, 0) is 55.0 Å². The summed E-state index contributed by atoms with van der Waals surface area (Å²) in [4.78, 5) is 24.1. The number of carbonyl (C=O) groups excluding carboxylic acids is 2. The maximum Gasteiger partial charge on any atom is 0.331 e. The third-order valence-electron chi connectivity index (χ3n) is 3.65. The van der Waals surface area contributed by atoms with Crippen LogP contribution in [0.1, 0.15) is 22.8 Å². The number of benzene rings is 2. The first-order valence-corrected chi connectivity index (χ1v) is 8.09. The largest absolute Gasteiger partial charge is 0.454 e. The van der Waals surface area contributed by atoms with Gasteiger partial charge in [-0.2, -0.15) is 0 Å². The van der Waals surface area contributed by atoms with Crippen molar-refractivity contribution < 1.29 is 28.2 Å². The number of hydrogen-bond acceptors (Lipinski definition) is 5. The summed E-state index contributed by atoms with van der Waals surface area (Å²) in [7, 11) is 0. The Morgan fingerprint density at radius 3 is 2.69 bits per heavy atom. The highest BCUT2D eigenvalue weighted by Gasteiger charge is 2.19. The fraction of sp³-hybridized carbons (Fsp3) is 0.158. The zero-order valence-electron chi connectivity index (χ0n) is 13.7. The van der Waals surface area contributed by atoms with Crippen LogP contribution in [0.5, 0.6) is 11.5 Å². The number of rotatable bonds is 5. The molecule has 0 saturated carbocycles. The van der Waals surface area contributed by atoms with E-state index in [1.54, 1.807) is 12.1 Å². The molecule has 2 aromatic rings. The fourth-order valence-electron chi connectivity index (χ4n) is 2.36. The first-order chi connectivity index (χ1) is 12.4. The Morgan fingerprint density at radius 1 is 1.23 bits per heavy atom. The summed E-state index contributed by atoms with van der Waals surface area (Å²) in [6, 6.07) is 8.31. The molecule has 0 unspecified atom stereocenters. The average Bonchev–Trinajstić information content (AvgIpc) is 3.09. The van der Waals surface area contributed by atoms with Crippen LogP contribution in [0.4, 0.5) is 4.39 Å². The molecule has 1 aliphatic rings. The molecule has 0 N–H and O–H groups in total. The molecule has 134 valence electrons. The summed E-state index contributed by atoms with van der Waals surface area (Å²) >= 11 is 6.07. The number of carbonyl (C=O) groups is 2. The van der Waals surface area contributed by atoms with Crippen LogP contribution < -0.4 is 9.47 Å². The minimum atomic E-state index is -1.00. The van der Waals surface area contributed by atoms with Gasteiger partial charge >= 0.3 is 5.97 Å². The number of esters is 1. The van der Waals surface area contributed by atoms with Gasteiger partial charge in [-0.15, -0.1) is 0 Å². The number of halogens is 2. The van der Waals surface area contributed by atoms with Crippen LogP contribution >= 0.6 is 11.6 Å². The summed E-state index contributed by atoms with van der Waals surface area (Å²) < 4.78 is 28.4. The van der Waals surface area contributed by atoms with Gasteiger partial charge in [0, 0.05) is 11.6 Å². The van der Waals surface area contributed by atoms with Gasteiger partial charge in [-0.3, -0.25) is 4.79 Å². The van der Waals surface area contributed by atoms with E-state index in [0.717, 1.165) is 0 Å². The topological polar surface area (TPSA) is 61.8 Å². The molecule has 0 bridgehead atoms. The monoisotopic (exact) mass is 376 g/mol. The highest BCUT2D eigenvalue weighted by atomic mass is 35.5. The van der Waals surface area contributed by atoms with E-state index in [0.29, 0.717) is 22.1 Å². The highest BCUT2D eigenvalue weighted by Crippen LogP contribution is 2.40. The molecule has 2 aromatic carbocycles. The molecule has 1 aliphatic heterocycles. The smallest absolute Gasteiger partial charge is 0.331 e. The number of ether oxygens (including phenoxy) is 3. The molecule has 0 aliphatic carbocycles. The molecular formula is C19H14ClFO5. The number of Topliss-reactive ketones (excluding diaryl/α,β-unsaturated/α-hetero) is 1. The van der Waals surface area contributed by atoms with Gasteiger partial charge in [0.2, 0.25) is 12.6 Å². The van der Waals surface area contributed by atoms with Crippen LogP contribution in [0.2, 0.25) is 5.02 Å². The van der Waals surface area contributed by atoms with Gasteiger partial charge in [0.25, 0.3) is 0 Å². The molecular weight excluding hydrogens is 363 g/mol. The van der Waals surface area contributed by atoms with Crippen molar-refractivity contribution >= 4 is 29.4 Å². The van der Waals surface area contributed by atoms with E-state index >= 15 is 0 Å². The number of ketones is 1. The summed E-state index contributed by atoms with van der Waals surface area (Å²) in [5.74, 6) is -0.605. The van der Waals surface area contributed by atoms with Crippen molar-refractivity contribution in [1.82, 2.24) is 0 Å². The molecule has 0 aromatic heterocycles. The van der Waals surface area contributed by atoms with Crippen molar-refractivity contribution in [3.63, 3.8) is 0 Å². The second-order valence-electron chi connectivity index (χ2n) is 5.52. The summed E-state index contributed by atoms with van der Waals surface area (Å²) in [5, 5.41) is 0.368. The third kappa shape index (κ3) is 4.03. The molecule has 1 heterocycles. The normalized spacial score (nSPS) is 13.7. The van der Waals surface area contributed by atoms with Gasteiger partial charge in [0.1, 0.15) is 5.82 Å². The standard InChI is InChI=1S/C19H14ClFO5/c1-11(18(23)13-3-5-14(21)6-4-13)26-17(22)7-2-12-8-15(20)19-16(9-12)24-10-25-19/h2-9,11H,10H2,1H3/b7-2+/t11-/m1/s1. The number of hydrogen-bond donors (Lipinski definition) is 0. The van der Waals surface area contributed by atoms with Crippen LogP contribution in [0, 0.1) is 5.82 Å². The van der Waals surface area contributed by atoms with E-state index in [4.69, 9.17) is 25.8 Å². The Hall–Kier alpha value is -2.86. The van der Waals surface area contributed by atoms with Gasteiger partial charge in [0.15, 0.2) is 17.6 Å². The molecule has 0 saturated heterocycles. The molecule has 26 heavy (non-hydrogen) atoms. The predicted octanol–water partition coefficient (Wildman–Crippen LogP) is 4.04. The number of fused-ring (bicyclic) bond motifs is 1. The second kappa shape index (κ2) is 7.58. The molecule has 5 nitrogen and oxygen atoms in total. The van der Waals surface area contributed by atoms with Crippen LogP contribution in [0.3, 0.4) is 0 Å². The Labute approximate surface area is 153 Å². The molecule has 1 atom stereocenters. The van der Waals surface area contributed by atoms with E-state index in [1.165, 1.54) is 43.3 Å². The fourth-order valence-corrected chi connectivity index (χ4v) is 2.64. The Kier molecular flexibility index (Phi) is 5.23. The van der Waals surface area contributed by atoms with Crippen molar-refractivity contribution in [2.75, 3.05) is 6.79 Å². The quantitative estimate of drug-likeness (QED) is 0.448. The minimum Gasteiger partial charge on any atom is -0.454 e. The zero-order valence-corrected chi connectivity index (χ0v) is 14.5. The van der Waals surface area contributed by atoms with E-state index in [-0.39, 0.29) is 12.4 Å². The first kappa shape index (κ1) is 17.9. The van der Waals surface area contributed by atoms with Crippen molar-refractivity contribution in [1.29, 1.82) is 0 Å². The maximum absolute atomic E-state index is 12.9. The van der Waals surface area contributed by atoms with Crippen LogP contribution in [0.15, 0.2) is 42.5 Å². The molecule has 0 radical (unpaired) electrons. The van der Waals surface area contributed by atoms with E-state index in [1.807, 2.05) is 0 Å². The highest BCUT2D eigenvalue weighted by molar-refractivity contribution is 6.32. The van der Waals surface area contributed by atoms with Crippen molar-refractivity contribution in [3.05, 3.63) is 64.4 Å². The van der Waals surface area contributed by atoms with Gasteiger partial charge < -0.3 is 14.2 Å². The Morgan fingerprint density at radius 2 is 1.96 bits per heavy atom. The average molecular weight is 377 g/mol. The van der Waals surface area contributed by atoms with E-state index in [9.17, 15) is 14.0 Å². The zero-order chi connectivity index (χ0) is 18.7. The lowest BCUT2D eigenvalue weighted by Crippen LogP contribution is -2.23. The molecule has 0 fully saturated rings. The molecule has 7 heteroatoms. The Balaban J connectivity index is 1.63. The molecule has 0 spiro atoms. The second-order valence-corrected chi connectivity index (χ2v) is 5.93. The van der Waals surface area contributed by atoms with E-state index in [2.05, 4.69) is 0 Å². The van der Waals surface area contributed by atoms with Gasteiger partial charge in [-0.1, -0.05) is 11.6 Å². The summed E-state index contributed by atoms with van der Waals surface area (Å²) in [5.41, 5.74) is 0.881. The molecule has 3 rings (SSSR count). The van der Waals surface area contributed by atoms with Gasteiger partial charge in [0.05, 0.1) is 5.02 Å². The van der Waals surface area contributed by atoms with Crippen molar-refractivity contribution in [2.24, 2.45) is 0 Å². The van der Waals surface area contributed by atoms with Crippen LogP contribution in [-0.2, 0) is 9.53 Å².